The molecule has 10 nitrogen and oxygen atoms in total. The van der Waals surface area contributed by atoms with E-state index in [1.807, 2.05) is 35.0 Å². The third-order valence-electron chi connectivity index (χ3n) is 4.49. The Morgan fingerprint density at radius 3 is 2.75 bits per heavy atom. The fraction of sp³-hybridized carbons (Fsp3) is 0.167. The number of nitrogens with one attached hydrogen (secondary N) is 1. The number of hydrogen-bond acceptors (Lipinski definition) is 7. The monoisotopic (exact) mass is 373 g/mol. The van der Waals surface area contributed by atoms with Gasteiger partial charge in [0, 0.05) is 16.8 Å². The van der Waals surface area contributed by atoms with Gasteiger partial charge in [0.1, 0.15) is 6.33 Å². The molecule has 0 spiro atoms. The van der Waals surface area contributed by atoms with Gasteiger partial charge in [-0.25, -0.2) is 9.36 Å². The molecule has 1 fully saturated rings. The summed E-state index contributed by atoms with van der Waals surface area (Å²) < 4.78 is 3.34. The average molecular weight is 373 g/mol. The highest BCUT2D eigenvalue weighted by molar-refractivity contribution is 6.04. The minimum atomic E-state index is -0.228. The van der Waals surface area contributed by atoms with Gasteiger partial charge in [-0.05, 0) is 64.0 Å². The van der Waals surface area contributed by atoms with E-state index in [4.69, 9.17) is 0 Å². The lowest BCUT2D eigenvalue weighted by Crippen LogP contribution is -2.12. The van der Waals surface area contributed by atoms with Gasteiger partial charge in [0.05, 0.1) is 11.7 Å². The van der Waals surface area contributed by atoms with Gasteiger partial charge in [0.25, 0.3) is 5.91 Å². The summed E-state index contributed by atoms with van der Waals surface area (Å²) in [6.07, 6.45) is 3.66. The molecule has 0 aliphatic heterocycles. The van der Waals surface area contributed by atoms with Crippen LogP contribution in [0.2, 0.25) is 0 Å². The zero-order valence-electron chi connectivity index (χ0n) is 14.7. The summed E-state index contributed by atoms with van der Waals surface area (Å²) in [6, 6.07) is 14.9. The number of anilines is 1. The van der Waals surface area contributed by atoms with Crippen molar-refractivity contribution in [1.82, 2.24) is 40.4 Å². The predicted molar refractivity (Wildman–Crippen MR) is 98.6 cm³/mol. The van der Waals surface area contributed by atoms with Gasteiger partial charge in [0.2, 0.25) is 0 Å². The van der Waals surface area contributed by atoms with Crippen molar-refractivity contribution in [2.75, 3.05) is 5.32 Å². The van der Waals surface area contributed by atoms with Crippen molar-refractivity contribution >= 4 is 11.6 Å². The van der Waals surface area contributed by atoms with Crippen molar-refractivity contribution < 1.29 is 4.79 Å². The molecule has 1 aliphatic rings. The Labute approximate surface area is 159 Å². The first kappa shape index (κ1) is 16.2. The number of nitrogens with zero attached hydrogens (tertiary/aromatic N) is 8. The van der Waals surface area contributed by atoms with E-state index >= 15 is 0 Å². The molecule has 1 aliphatic carbocycles. The quantitative estimate of drug-likeness (QED) is 0.568. The van der Waals surface area contributed by atoms with Gasteiger partial charge in [-0.15, -0.1) is 10.2 Å². The van der Waals surface area contributed by atoms with Crippen molar-refractivity contribution in [2.45, 2.75) is 18.9 Å². The van der Waals surface area contributed by atoms with Gasteiger partial charge in [-0.3, -0.25) is 4.79 Å². The second-order valence-corrected chi connectivity index (χ2v) is 6.52. The topological polar surface area (TPSA) is 116 Å². The van der Waals surface area contributed by atoms with Crippen LogP contribution in [0, 0.1) is 0 Å². The van der Waals surface area contributed by atoms with E-state index in [0.29, 0.717) is 28.8 Å². The maximum absolute atomic E-state index is 12.7. The van der Waals surface area contributed by atoms with Crippen molar-refractivity contribution in [2.24, 2.45) is 0 Å². The normalized spacial score (nSPS) is 13.4. The fourth-order valence-electron chi connectivity index (χ4n) is 2.96. The molecule has 2 heterocycles. The van der Waals surface area contributed by atoms with Gasteiger partial charge < -0.3 is 5.32 Å². The molecule has 4 aromatic rings. The second-order valence-electron chi connectivity index (χ2n) is 6.52. The molecule has 0 unspecified atom stereocenters. The molecule has 0 atom stereocenters. The summed E-state index contributed by atoms with van der Waals surface area (Å²) in [5.74, 6) is 0.480. The molecule has 138 valence electrons. The molecule has 1 N–H and O–H groups in total. The number of aromatic nitrogens is 8. The van der Waals surface area contributed by atoms with Crippen LogP contribution in [0.3, 0.4) is 0 Å². The van der Waals surface area contributed by atoms with E-state index in [2.05, 4.69) is 36.4 Å². The Morgan fingerprint density at radius 2 is 1.93 bits per heavy atom. The first-order valence-corrected chi connectivity index (χ1v) is 8.81. The predicted octanol–water partition coefficient (Wildman–Crippen LogP) is 1.90. The summed E-state index contributed by atoms with van der Waals surface area (Å²) in [5, 5.41) is 26.0. The number of rotatable bonds is 5. The lowest BCUT2D eigenvalue weighted by Gasteiger charge is -2.09. The first-order valence-electron chi connectivity index (χ1n) is 8.81. The van der Waals surface area contributed by atoms with Crippen molar-refractivity contribution in [3.8, 4) is 17.1 Å². The van der Waals surface area contributed by atoms with Crippen LogP contribution in [0.5, 0.6) is 0 Å². The highest BCUT2D eigenvalue weighted by Crippen LogP contribution is 2.36. The standard InChI is InChI=1S/C18H15N9O/c28-18(13-4-2-6-16(10-13)26-11-19-22-24-26)20-14-5-1-3-12(9-14)17-21-23-25-27(17)15-7-8-15/h1-6,9-11,15H,7-8H2,(H,20,28). The van der Waals surface area contributed by atoms with Crippen molar-refractivity contribution in [3.63, 3.8) is 0 Å². The minimum Gasteiger partial charge on any atom is -0.322 e. The summed E-state index contributed by atoms with van der Waals surface area (Å²) in [4.78, 5) is 12.7. The van der Waals surface area contributed by atoms with E-state index in [1.165, 1.54) is 11.0 Å². The summed E-state index contributed by atoms with van der Waals surface area (Å²) in [5.41, 5.74) is 2.73. The van der Waals surface area contributed by atoms with Gasteiger partial charge in [-0.1, -0.05) is 18.2 Å². The van der Waals surface area contributed by atoms with Gasteiger partial charge in [-0.2, -0.15) is 0 Å². The molecule has 1 amide bonds. The van der Waals surface area contributed by atoms with Crippen LogP contribution in [0.1, 0.15) is 29.2 Å². The number of tetrazole rings is 2. The molecule has 10 heteroatoms. The number of benzene rings is 2. The van der Waals surface area contributed by atoms with Crippen LogP contribution in [0.25, 0.3) is 17.1 Å². The van der Waals surface area contributed by atoms with E-state index in [0.717, 1.165) is 18.4 Å². The fourth-order valence-corrected chi connectivity index (χ4v) is 2.96. The molecule has 2 aromatic carbocycles. The Kier molecular flexibility index (Phi) is 3.86. The van der Waals surface area contributed by atoms with E-state index < -0.39 is 0 Å². The van der Waals surface area contributed by atoms with Crippen LogP contribution < -0.4 is 5.32 Å². The third kappa shape index (κ3) is 3.11. The molecule has 2 aromatic heterocycles. The third-order valence-corrected chi connectivity index (χ3v) is 4.49. The molecule has 0 radical (unpaired) electrons. The van der Waals surface area contributed by atoms with Crippen LogP contribution in [0.4, 0.5) is 5.69 Å². The second kappa shape index (κ2) is 6.65. The van der Waals surface area contributed by atoms with Crippen LogP contribution in [-0.2, 0) is 0 Å². The highest BCUT2D eigenvalue weighted by Gasteiger charge is 2.28. The number of carbonyl (C=O) groups excluding carboxylic acids is 1. The first-order chi connectivity index (χ1) is 13.8. The summed E-state index contributed by atoms with van der Waals surface area (Å²) in [7, 11) is 0. The zero-order chi connectivity index (χ0) is 18.9. The molecule has 5 rings (SSSR count). The highest BCUT2D eigenvalue weighted by atomic mass is 16.1. The van der Waals surface area contributed by atoms with Crippen LogP contribution >= 0.6 is 0 Å². The van der Waals surface area contributed by atoms with Gasteiger partial charge in [0.15, 0.2) is 5.82 Å². The summed E-state index contributed by atoms with van der Waals surface area (Å²) >= 11 is 0. The minimum absolute atomic E-state index is 0.228. The van der Waals surface area contributed by atoms with Crippen LogP contribution in [0.15, 0.2) is 54.9 Å². The number of carbonyl (C=O) groups is 1. The SMILES string of the molecule is O=C(Nc1cccc(-c2nnnn2C2CC2)c1)c1cccc(-n2cnnn2)c1. The molecule has 0 bridgehead atoms. The Morgan fingerprint density at radius 1 is 1.04 bits per heavy atom. The van der Waals surface area contributed by atoms with E-state index in [1.54, 1.807) is 18.2 Å². The summed E-state index contributed by atoms with van der Waals surface area (Å²) in [6.45, 7) is 0. The number of hydrogen-bond donors (Lipinski definition) is 1. The van der Waals surface area contributed by atoms with Gasteiger partial charge >= 0.3 is 0 Å². The Bertz CT molecular complexity index is 1130. The lowest BCUT2D eigenvalue weighted by molar-refractivity contribution is 0.102. The van der Waals surface area contributed by atoms with E-state index in [-0.39, 0.29) is 5.91 Å². The lowest BCUT2D eigenvalue weighted by atomic mass is 10.1. The molecule has 28 heavy (non-hydrogen) atoms. The molecular weight excluding hydrogens is 358 g/mol. The van der Waals surface area contributed by atoms with Crippen molar-refractivity contribution in [1.29, 1.82) is 0 Å². The van der Waals surface area contributed by atoms with E-state index in [9.17, 15) is 4.79 Å². The molecule has 1 saturated carbocycles. The Hall–Kier alpha value is -3.95. The largest absolute Gasteiger partial charge is 0.322 e. The Balaban J connectivity index is 1.38. The van der Waals surface area contributed by atoms with Crippen molar-refractivity contribution in [3.05, 3.63) is 60.4 Å². The molecular formula is C18H15N9O. The smallest absolute Gasteiger partial charge is 0.255 e. The maximum Gasteiger partial charge on any atom is 0.255 e. The number of amides is 1. The zero-order valence-corrected chi connectivity index (χ0v) is 14.7. The molecule has 0 saturated heterocycles. The van der Waals surface area contributed by atoms with Crippen LogP contribution in [-0.4, -0.2) is 46.3 Å². The average Bonchev–Trinajstić information content (AvgIpc) is 3.21. The maximum atomic E-state index is 12.7.